The predicted molar refractivity (Wildman–Crippen MR) is 140 cm³/mol. The molecule has 0 aliphatic carbocycles. The van der Waals surface area contributed by atoms with Crippen LogP contribution in [0.2, 0.25) is 0 Å². The summed E-state index contributed by atoms with van der Waals surface area (Å²) in [5.41, 5.74) is 3.57. The summed E-state index contributed by atoms with van der Waals surface area (Å²) in [6, 6.07) is 15.2. The second kappa shape index (κ2) is 10.3. The lowest BCUT2D eigenvalue weighted by Crippen LogP contribution is -2.28. The van der Waals surface area contributed by atoms with Gasteiger partial charge in [-0.3, -0.25) is 9.36 Å². The number of anilines is 1. The highest BCUT2D eigenvalue weighted by molar-refractivity contribution is 14.2. The molecule has 8 heteroatoms. The van der Waals surface area contributed by atoms with Crippen LogP contribution in [0.1, 0.15) is 31.4 Å². The van der Waals surface area contributed by atoms with E-state index in [4.69, 9.17) is 9.05 Å². The van der Waals surface area contributed by atoms with Crippen molar-refractivity contribution in [2.75, 3.05) is 18.5 Å². The molecule has 0 aromatic heterocycles. The van der Waals surface area contributed by atoms with Gasteiger partial charge >= 0.3 is 7.60 Å². The molecule has 0 saturated carbocycles. The highest BCUT2D eigenvalue weighted by Gasteiger charge is 2.33. The van der Waals surface area contributed by atoms with Crippen molar-refractivity contribution in [2.45, 2.75) is 26.3 Å². The molecule has 0 saturated heterocycles. The van der Waals surface area contributed by atoms with Gasteiger partial charge in [0.15, 0.2) is 0 Å². The summed E-state index contributed by atoms with van der Waals surface area (Å²) < 4.78 is 29.0. The summed E-state index contributed by atoms with van der Waals surface area (Å²) in [6.45, 7) is 4.09. The first-order chi connectivity index (χ1) is 15.6. The number of rotatable bonds is 8. The maximum Gasteiger partial charge on any atom is 0.361 e. The van der Waals surface area contributed by atoms with Gasteiger partial charge in [0.2, 0.25) is 0 Å². The van der Waals surface area contributed by atoms with Gasteiger partial charge < -0.3 is 19.7 Å². The SMILES string of the molecule is CCOP(=O)(OCC)c1ccc2c(c1)/C(=C(/NC1C=CI=CC1)c1ccccc1)C(=O)N2. The van der Waals surface area contributed by atoms with Crippen molar-refractivity contribution >= 4 is 60.5 Å². The number of benzene rings is 2. The zero-order valence-electron chi connectivity index (χ0n) is 18.0. The van der Waals surface area contributed by atoms with Gasteiger partial charge in [0.1, 0.15) is 0 Å². The fourth-order valence-electron chi connectivity index (χ4n) is 3.70. The second-order valence-corrected chi connectivity index (χ2v) is 11.6. The molecule has 1 atom stereocenters. The Bertz CT molecular complexity index is 1130. The van der Waals surface area contributed by atoms with Gasteiger partial charge in [-0.05, 0) is 52.1 Å². The molecular formula is C24H26IN2O4P. The first-order valence-corrected chi connectivity index (χ1v) is 14.6. The van der Waals surface area contributed by atoms with E-state index in [2.05, 4.69) is 24.8 Å². The standard InChI is InChI=1S/C24H26IN2O4P/c1-3-30-32(29,31-4-2)19-10-11-21-20(16-19)22(24(28)27-21)23(17-8-6-5-7-9-17)26-18-12-14-25-15-13-18/h5-12,14-16,18,26H,3-4,13H2,1-2H3,(H,27,28)/b23-22-. The molecule has 2 heterocycles. The van der Waals surface area contributed by atoms with Crippen LogP contribution in [-0.2, 0) is 18.4 Å². The minimum atomic E-state index is -3.48. The molecule has 168 valence electrons. The van der Waals surface area contributed by atoms with Crippen LogP contribution in [0.25, 0.3) is 11.3 Å². The van der Waals surface area contributed by atoms with Gasteiger partial charge in [-0.1, -0.05) is 57.1 Å². The van der Waals surface area contributed by atoms with E-state index < -0.39 is 7.60 Å². The van der Waals surface area contributed by atoms with Crippen LogP contribution in [0.4, 0.5) is 5.69 Å². The first kappa shape index (κ1) is 23.1. The molecule has 2 aromatic carbocycles. The van der Waals surface area contributed by atoms with Gasteiger partial charge in [-0.25, -0.2) is 0 Å². The van der Waals surface area contributed by atoms with E-state index >= 15 is 0 Å². The zero-order chi connectivity index (χ0) is 22.6. The smallest absolute Gasteiger partial charge is 0.361 e. The number of nitrogens with one attached hydrogen (secondary N) is 2. The summed E-state index contributed by atoms with van der Waals surface area (Å²) >= 11 is 0.0182. The molecule has 2 N–H and O–H groups in total. The van der Waals surface area contributed by atoms with E-state index in [1.54, 1.807) is 32.0 Å². The van der Waals surface area contributed by atoms with Crippen LogP contribution >= 0.6 is 28.3 Å². The van der Waals surface area contributed by atoms with E-state index in [0.717, 1.165) is 17.7 Å². The third kappa shape index (κ3) is 4.81. The molecule has 4 rings (SSSR count). The van der Waals surface area contributed by atoms with Crippen LogP contribution in [0.15, 0.2) is 58.7 Å². The summed E-state index contributed by atoms with van der Waals surface area (Å²) in [4.78, 5) is 13.1. The van der Waals surface area contributed by atoms with Gasteiger partial charge in [0, 0.05) is 17.3 Å². The van der Waals surface area contributed by atoms with Gasteiger partial charge in [0.05, 0.1) is 29.8 Å². The number of carbonyl (C=O) groups is 1. The van der Waals surface area contributed by atoms with Gasteiger partial charge in [-0.2, -0.15) is 0 Å². The Morgan fingerprint density at radius 1 is 1.16 bits per heavy atom. The molecule has 0 spiro atoms. The third-order valence-electron chi connectivity index (χ3n) is 5.11. The van der Waals surface area contributed by atoms with Crippen molar-refractivity contribution in [3.05, 3.63) is 69.8 Å². The fourth-order valence-corrected chi connectivity index (χ4v) is 7.18. The topological polar surface area (TPSA) is 76.7 Å². The predicted octanol–water partition coefficient (Wildman–Crippen LogP) is 5.05. The highest BCUT2D eigenvalue weighted by Crippen LogP contribution is 2.48. The Kier molecular flexibility index (Phi) is 7.40. The fraction of sp³-hybridized carbons (Fsp3) is 0.250. The van der Waals surface area contributed by atoms with E-state index in [0.29, 0.717) is 22.1 Å². The van der Waals surface area contributed by atoms with Crippen molar-refractivity contribution in [1.29, 1.82) is 0 Å². The second-order valence-electron chi connectivity index (χ2n) is 7.22. The molecule has 1 amide bonds. The maximum absolute atomic E-state index is 13.4. The quantitative estimate of drug-likeness (QED) is 0.267. The number of halogens is 1. The minimum Gasteiger partial charge on any atom is -0.377 e. The normalized spacial score (nSPS) is 19.2. The van der Waals surface area contributed by atoms with E-state index in [-0.39, 0.29) is 45.9 Å². The molecule has 0 radical (unpaired) electrons. The summed E-state index contributed by atoms with van der Waals surface area (Å²) in [5.74, 6) is -0.192. The molecule has 1 unspecified atom stereocenters. The molecular weight excluding hydrogens is 538 g/mol. The number of carbonyl (C=O) groups excluding carboxylic acids is 1. The average molecular weight is 564 g/mol. The zero-order valence-corrected chi connectivity index (χ0v) is 21.1. The van der Waals surface area contributed by atoms with Crippen molar-refractivity contribution < 1.29 is 18.4 Å². The molecule has 0 fully saturated rings. The van der Waals surface area contributed by atoms with Crippen molar-refractivity contribution in [2.24, 2.45) is 0 Å². The Morgan fingerprint density at radius 2 is 1.91 bits per heavy atom. The summed E-state index contributed by atoms with van der Waals surface area (Å²) in [6.07, 6.45) is 3.10. The van der Waals surface area contributed by atoms with Gasteiger partial charge in [-0.15, -0.1) is 0 Å². The largest absolute Gasteiger partial charge is 0.377 e. The summed E-state index contributed by atoms with van der Waals surface area (Å²) in [5, 5.41) is 6.97. The van der Waals surface area contributed by atoms with Crippen LogP contribution in [0, 0.1) is 0 Å². The number of amides is 1. The van der Waals surface area contributed by atoms with Crippen molar-refractivity contribution in [3.63, 3.8) is 0 Å². The molecule has 0 bridgehead atoms. The lowest BCUT2D eigenvalue weighted by Gasteiger charge is -2.21. The first-order valence-electron chi connectivity index (χ1n) is 10.6. The van der Waals surface area contributed by atoms with Crippen LogP contribution < -0.4 is 15.9 Å². The average Bonchev–Trinajstić information content (AvgIpc) is 3.14. The molecule has 32 heavy (non-hydrogen) atoms. The molecule has 2 aliphatic rings. The Morgan fingerprint density at radius 3 is 2.56 bits per heavy atom. The number of hydrogen-bond donors (Lipinski definition) is 2. The molecule has 6 nitrogen and oxygen atoms in total. The van der Waals surface area contributed by atoms with Crippen molar-refractivity contribution in [3.8, 4) is 0 Å². The number of fused-ring (bicyclic) bond motifs is 1. The highest BCUT2D eigenvalue weighted by atomic mass is 127. The van der Waals surface area contributed by atoms with Crippen LogP contribution in [0.3, 0.4) is 0 Å². The monoisotopic (exact) mass is 564 g/mol. The molecule has 2 aliphatic heterocycles. The molecule has 2 aromatic rings. The Labute approximate surface area is 198 Å². The van der Waals surface area contributed by atoms with Crippen LogP contribution in [0.5, 0.6) is 0 Å². The third-order valence-corrected chi connectivity index (χ3v) is 9.07. The van der Waals surface area contributed by atoms with Gasteiger partial charge in [0.25, 0.3) is 5.91 Å². The Hall–Kier alpha value is -2.06. The van der Waals surface area contributed by atoms with Crippen molar-refractivity contribution in [1.82, 2.24) is 5.32 Å². The number of hydrogen-bond acceptors (Lipinski definition) is 5. The lowest BCUT2D eigenvalue weighted by atomic mass is 9.99. The maximum atomic E-state index is 13.4. The Balaban J connectivity index is 1.85. The summed E-state index contributed by atoms with van der Waals surface area (Å²) in [7, 11) is -3.48. The van der Waals surface area contributed by atoms with E-state index in [1.807, 2.05) is 30.3 Å². The van der Waals surface area contributed by atoms with E-state index in [1.165, 1.54) is 0 Å². The minimum absolute atomic E-state index is 0.0182. The van der Waals surface area contributed by atoms with Crippen LogP contribution in [-0.4, -0.2) is 29.2 Å². The lowest BCUT2D eigenvalue weighted by molar-refractivity contribution is -0.110. The van der Waals surface area contributed by atoms with E-state index in [9.17, 15) is 9.36 Å².